The molecule has 0 bridgehead atoms. The normalized spacial score (nSPS) is 21.6. The van der Waals surface area contributed by atoms with Crippen LogP contribution >= 0.6 is 35.2 Å². The number of phosphoric acid groups is 3. The minimum absolute atomic E-state index is 0.0235. The van der Waals surface area contributed by atoms with Crippen LogP contribution in [0.5, 0.6) is 0 Å². The quantitative estimate of drug-likeness (QED) is 0.0391. The second-order valence-corrected chi connectivity index (χ2v) is 20.6. The maximum Gasteiger partial charge on any atom is 0.481 e. The van der Waals surface area contributed by atoms with Gasteiger partial charge in [-0.2, -0.15) is 4.31 Å². The van der Waals surface area contributed by atoms with Gasteiger partial charge >= 0.3 is 23.5 Å². The highest BCUT2D eigenvalue weighted by molar-refractivity contribution is 8.13. The van der Waals surface area contributed by atoms with E-state index in [1.807, 2.05) is 0 Å². The summed E-state index contributed by atoms with van der Waals surface area (Å²) in [6.07, 6.45) is -2.99. The number of nitrogens with two attached hydrogens (primary N) is 1. The number of aromatic nitrogens is 4. The summed E-state index contributed by atoms with van der Waals surface area (Å²) in [6, 6.07) is 0. The first-order valence-corrected chi connectivity index (χ1v) is 25.3. The van der Waals surface area contributed by atoms with E-state index in [9.17, 15) is 68.1 Å². The number of phosphoric ester groups is 3. The average molecular weight is 982 g/mol. The van der Waals surface area contributed by atoms with Crippen LogP contribution in [0.25, 0.3) is 11.2 Å². The van der Waals surface area contributed by atoms with Crippen molar-refractivity contribution in [3.63, 3.8) is 0 Å². The Balaban J connectivity index is 1.39. The number of ether oxygens (including phenoxy) is 1. The Morgan fingerprint density at radius 2 is 1.60 bits per heavy atom. The lowest BCUT2D eigenvalue weighted by Crippen LogP contribution is -2.46. The number of imidazole rings is 1. The Bertz CT molecular complexity index is 1960. The van der Waals surface area contributed by atoms with Crippen molar-refractivity contribution in [2.24, 2.45) is 5.41 Å². The number of carbonyl (C=O) groups is 3. The molecule has 26 nitrogen and oxygen atoms in total. The van der Waals surface area contributed by atoms with Crippen molar-refractivity contribution in [2.45, 2.75) is 121 Å². The Hall–Kier alpha value is -2.52. The Kier molecular flexibility index (Phi) is 21.6. The summed E-state index contributed by atoms with van der Waals surface area (Å²) in [7, 11) is -16.4. The number of aliphatic hydroxyl groups excluding tert-OH is 4. The monoisotopic (exact) mass is 981 g/mol. The number of hydrogen-bond donors (Lipinski definition) is 11. The van der Waals surface area contributed by atoms with Gasteiger partial charge in [0.05, 0.1) is 31.7 Å². The van der Waals surface area contributed by atoms with Crippen LogP contribution in [-0.2, 0) is 50.7 Å². The minimum atomic E-state index is -5.59. The van der Waals surface area contributed by atoms with Gasteiger partial charge in [-0.25, -0.2) is 28.6 Å². The largest absolute Gasteiger partial charge is 0.481 e. The topological polar surface area (TPSA) is 404 Å². The van der Waals surface area contributed by atoms with E-state index in [2.05, 4.69) is 41.3 Å². The molecule has 3 heterocycles. The number of amides is 2. The third-order valence-corrected chi connectivity index (χ3v) is 13.4. The van der Waals surface area contributed by atoms with Gasteiger partial charge in [0.1, 0.15) is 36.3 Å². The molecule has 9 unspecified atom stereocenters. The molecular weight excluding hydrogens is 923 g/mol. The van der Waals surface area contributed by atoms with Crippen LogP contribution in [0, 0.1) is 5.41 Å². The lowest BCUT2D eigenvalue weighted by Gasteiger charge is -2.30. The van der Waals surface area contributed by atoms with Crippen molar-refractivity contribution in [2.75, 3.05) is 37.8 Å². The first-order chi connectivity index (χ1) is 29.3. The maximum absolute atomic E-state index is 12.7. The van der Waals surface area contributed by atoms with E-state index in [4.69, 9.17) is 19.5 Å². The molecule has 0 spiro atoms. The van der Waals surface area contributed by atoms with Gasteiger partial charge in [-0.15, -0.1) is 0 Å². The number of nitrogen functional groups attached to an aromatic ring is 1. The van der Waals surface area contributed by atoms with Gasteiger partial charge in [0.2, 0.25) is 11.8 Å². The van der Waals surface area contributed by atoms with Crippen LogP contribution in [0.1, 0.15) is 84.8 Å². The predicted molar refractivity (Wildman–Crippen MR) is 222 cm³/mol. The van der Waals surface area contributed by atoms with Crippen LogP contribution in [0.15, 0.2) is 12.7 Å². The van der Waals surface area contributed by atoms with E-state index in [0.717, 1.165) is 54.7 Å². The average Bonchev–Trinajstić information content (AvgIpc) is 3.75. The molecule has 9 atom stereocenters. The standard InChI is InChI=1S/C33H58N7O19P3S/c1-4-5-8-20(41)9-6-7-10-21(42)15-24(44)63-14-13-35-23(43)11-12-36-31(47)28(46)33(2,3)17-56-62(53,54)59-61(51,52)55-16-22-27(58-60(48,49)50)26(45)32(57-22)40-19-39-25-29(34)37-18-38-30(25)40/h18-22,26-28,32,41-42,45-46H,4-17H2,1-3H3,(H,35,43)(H,36,47)(H,51,52)(H,53,54)(H2,34,37,38)(H2,48,49,50). The van der Waals surface area contributed by atoms with Crippen molar-refractivity contribution >= 4 is 69.1 Å². The predicted octanol–water partition coefficient (Wildman–Crippen LogP) is 0.527. The van der Waals surface area contributed by atoms with E-state index >= 15 is 0 Å². The molecule has 0 aromatic carbocycles. The van der Waals surface area contributed by atoms with Crippen molar-refractivity contribution < 1.29 is 90.7 Å². The molecule has 0 saturated carbocycles. The molecule has 2 aromatic rings. The molecule has 0 radical (unpaired) electrons. The second kappa shape index (κ2) is 24.8. The highest BCUT2D eigenvalue weighted by atomic mass is 32.2. The van der Waals surface area contributed by atoms with Gasteiger partial charge in [-0.3, -0.25) is 32.5 Å². The van der Waals surface area contributed by atoms with Crippen LogP contribution < -0.4 is 16.4 Å². The SMILES string of the molecule is CCCCC(O)CCCCC(O)CC(=O)SCCNC(=O)CCNC(=O)C(O)C(C)(C)COP(=O)(O)OP(=O)(O)OCC1OC(n2cnc3c(N)ncnc32)C(O)C1OP(=O)(O)O. The van der Waals surface area contributed by atoms with E-state index in [-0.39, 0.29) is 59.9 Å². The van der Waals surface area contributed by atoms with E-state index in [0.29, 0.717) is 19.3 Å². The number of unbranched alkanes of at least 4 members (excludes halogenated alkanes) is 2. The number of fused-ring (bicyclic) bond motifs is 1. The Morgan fingerprint density at radius 1 is 0.952 bits per heavy atom. The number of carbonyl (C=O) groups excluding carboxylic acids is 3. The summed E-state index contributed by atoms with van der Waals surface area (Å²) in [5, 5.41) is 46.2. The van der Waals surface area contributed by atoms with Gasteiger partial charge in [0.25, 0.3) is 0 Å². The fraction of sp³-hybridized carbons (Fsp3) is 0.758. The van der Waals surface area contributed by atoms with Gasteiger partial charge in [-0.1, -0.05) is 58.2 Å². The molecule has 1 fully saturated rings. The molecule has 12 N–H and O–H groups in total. The summed E-state index contributed by atoms with van der Waals surface area (Å²) in [5.41, 5.74) is 4.23. The molecular formula is C33H58N7O19P3S. The third-order valence-electron chi connectivity index (χ3n) is 9.38. The number of hydrogen-bond acceptors (Lipinski definition) is 20. The molecule has 2 amide bonds. The van der Waals surface area contributed by atoms with Gasteiger partial charge in [0.15, 0.2) is 22.8 Å². The van der Waals surface area contributed by atoms with Crippen LogP contribution in [0.4, 0.5) is 5.82 Å². The fourth-order valence-corrected chi connectivity index (χ4v) is 9.56. The highest BCUT2D eigenvalue weighted by Gasteiger charge is 2.50. The maximum atomic E-state index is 12.7. The number of nitrogens with one attached hydrogen (secondary N) is 2. The molecule has 30 heteroatoms. The van der Waals surface area contributed by atoms with Crippen LogP contribution in [-0.4, -0.2) is 145 Å². The summed E-state index contributed by atoms with van der Waals surface area (Å²) in [4.78, 5) is 88.1. The molecule has 1 aliphatic rings. The van der Waals surface area contributed by atoms with Crippen molar-refractivity contribution in [1.29, 1.82) is 0 Å². The number of anilines is 1. The van der Waals surface area contributed by atoms with E-state index < -0.39 is 90.7 Å². The van der Waals surface area contributed by atoms with Crippen molar-refractivity contribution in [3.05, 3.63) is 12.7 Å². The Labute approximate surface area is 366 Å². The lowest BCUT2D eigenvalue weighted by atomic mass is 9.87. The zero-order valence-corrected chi connectivity index (χ0v) is 38.3. The molecule has 63 heavy (non-hydrogen) atoms. The lowest BCUT2D eigenvalue weighted by molar-refractivity contribution is -0.137. The molecule has 360 valence electrons. The summed E-state index contributed by atoms with van der Waals surface area (Å²) >= 11 is 0.952. The highest BCUT2D eigenvalue weighted by Crippen LogP contribution is 2.61. The van der Waals surface area contributed by atoms with Crippen LogP contribution in [0.3, 0.4) is 0 Å². The number of rotatable bonds is 29. The number of thioether (sulfide) groups is 1. The van der Waals surface area contributed by atoms with E-state index in [1.54, 1.807) is 0 Å². The summed E-state index contributed by atoms with van der Waals surface area (Å²) < 4.78 is 62.2. The van der Waals surface area contributed by atoms with Gasteiger partial charge < -0.3 is 61.1 Å². The first kappa shape index (κ1) is 54.8. The summed E-state index contributed by atoms with van der Waals surface area (Å²) in [6.45, 7) is 2.37. The summed E-state index contributed by atoms with van der Waals surface area (Å²) in [5.74, 6) is -1.30. The smallest absolute Gasteiger partial charge is 0.393 e. The fourth-order valence-electron chi connectivity index (χ4n) is 5.99. The van der Waals surface area contributed by atoms with Crippen molar-refractivity contribution in [1.82, 2.24) is 30.2 Å². The third kappa shape index (κ3) is 18.7. The Morgan fingerprint density at radius 3 is 2.27 bits per heavy atom. The van der Waals surface area contributed by atoms with Crippen molar-refractivity contribution in [3.8, 4) is 0 Å². The van der Waals surface area contributed by atoms with Crippen LogP contribution in [0.2, 0.25) is 0 Å². The molecule has 3 rings (SSSR count). The second-order valence-electron chi connectivity index (χ2n) is 15.2. The molecule has 1 saturated heterocycles. The number of nitrogens with zero attached hydrogens (tertiary/aromatic N) is 4. The minimum Gasteiger partial charge on any atom is -0.393 e. The molecule has 1 aliphatic heterocycles. The molecule has 2 aromatic heterocycles. The zero-order valence-electron chi connectivity index (χ0n) is 34.8. The van der Waals surface area contributed by atoms with Gasteiger partial charge in [-0.05, 0) is 19.3 Å². The number of aliphatic hydroxyl groups is 4. The van der Waals surface area contributed by atoms with E-state index in [1.165, 1.54) is 13.8 Å². The first-order valence-electron chi connectivity index (χ1n) is 19.8. The zero-order chi connectivity index (χ0) is 47.2. The van der Waals surface area contributed by atoms with Gasteiger partial charge in [0, 0.05) is 37.1 Å². The molecule has 0 aliphatic carbocycles.